The van der Waals surface area contributed by atoms with Crippen molar-refractivity contribution < 1.29 is 19.1 Å². The number of likely N-dealkylation sites (tertiary alicyclic amines) is 1. The smallest absolute Gasteiger partial charge is 0.317 e. The summed E-state index contributed by atoms with van der Waals surface area (Å²) in [4.78, 5) is 15.7. The van der Waals surface area contributed by atoms with Crippen LogP contribution in [-0.4, -0.2) is 63.8 Å². The molecule has 2 N–H and O–H groups in total. The van der Waals surface area contributed by atoms with E-state index in [2.05, 4.69) is 39.2 Å². The molecular weight excluding hydrogens is 552 g/mol. The van der Waals surface area contributed by atoms with Crippen molar-refractivity contribution >= 4 is 25.9 Å². The largest absolute Gasteiger partial charge is 0.415 e. The number of hydrogen-bond donors (Lipinski definition) is 2. The lowest BCUT2D eigenvalue weighted by atomic mass is 9.74. The zero-order valence-electron chi connectivity index (χ0n) is 26.6. The molecule has 1 aromatic carbocycles. The second kappa shape index (κ2) is 15.6. The molecule has 1 saturated heterocycles. The van der Waals surface area contributed by atoms with Gasteiger partial charge in [-0.2, -0.15) is 0 Å². The van der Waals surface area contributed by atoms with Gasteiger partial charge in [0.1, 0.15) is 0 Å². The third-order valence-corrected chi connectivity index (χ3v) is 14.7. The molecule has 1 heterocycles. The number of ether oxygens (including phenoxy) is 1. The van der Waals surface area contributed by atoms with E-state index in [1.807, 2.05) is 29.2 Å². The summed E-state index contributed by atoms with van der Waals surface area (Å²) in [7, 11) is -0.231. The fourth-order valence-corrected chi connectivity index (χ4v) is 7.56. The minimum absolute atomic E-state index is 0.000888. The highest BCUT2D eigenvalue weighted by molar-refractivity contribution is 6.74. The highest BCUT2D eigenvalue weighted by Gasteiger charge is 2.42. The molecule has 1 saturated carbocycles. The van der Waals surface area contributed by atoms with E-state index in [1.54, 1.807) is 7.11 Å². The van der Waals surface area contributed by atoms with E-state index in [0.29, 0.717) is 43.7 Å². The molecule has 3 atom stereocenters. The molecule has 1 aliphatic heterocycles. The van der Waals surface area contributed by atoms with Crippen molar-refractivity contribution in [1.82, 2.24) is 10.2 Å². The van der Waals surface area contributed by atoms with Gasteiger partial charge in [0.25, 0.3) is 0 Å². The molecule has 0 unspecified atom stereocenters. The fourth-order valence-electron chi connectivity index (χ4n) is 6.32. The van der Waals surface area contributed by atoms with Gasteiger partial charge in [-0.25, -0.2) is 4.79 Å². The van der Waals surface area contributed by atoms with Crippen molar-refractivity contribution in [2.45, 2.75) is 121 Å². The van der Waals surface area contributed by atoms with Crippen LogP contribution in [0, 0.1) is 11.8 Å². The zero-order valence-corrected chi connectivity index (χ0v) is 28.4. The lowest BCUT2D eigenvalue weighted by Crippen LogP contribution is -2.54. The third-order valence-electron chi connectivity index (χ3n) is 9.99. The molecule has 1 aromatic rings. The van der Waals surface area contributed by atoms with Gasteiger partial charge in [0.15, 0.2) is 8.32 Å². The number of unbranched alkanes of at least 4 members (excludes halogenated alkanes) is 1. The predicted molar refractivity (Wildman–Crippen MR) is 172 cm³/mol. The van der Waals surface area contributed by atoms with Crippen LogP contribution in [0.3, 0.4) is 0 Å². The van der Waals surface area contributed by atoms with Crippen molar-refractivity contribution in [2.75, 3.05) is 33.4 Å². The van der Waals surface area contributed by atoms with Crippen molar-refractivity contribution in [3.63, 3.8) is 0 Å². The summed E-state index contributed by atoms with van der Waals surface area (Å²) < 4.78 is 11.9. The van der Waals surface area contributed by atoms with Crippen molar-refractivity contribution in [3.05, 3.63) is 34.9 Å². The van der Waals surface area contributed by atoms with E-state index in [0.717, 1.165) is 37.7 Å². The van der Waals surface area contributed by atoms with Crippen molar-refractivity contribution in [2.24, 2.45) is 11.8 Å². The molecule has 0 aromatic heterocycles. The van der Waals surface area contributed by atoms with E-state index in [-0.39, 0.29) is 23.0 Å². The summed E-state index contributed by atoms with van der Waals surface area (Å²) in [6, 6.07) is 7.58. The van der Waals surface area contributed by atoms with E-state index in [9.17, 15) is 9.90 Å². The van der Waals surface area contributed by atoms with Gasteiger partial charge in [-0.15, -0.1) is 0 Å². The van der Waals surface area contributed by atoms with Crippen LogP contribution in [0.25, 0.3) is 0 Å². The first-order valence-corrected chi connectivity index (χ1v) is 19.3. The van der Waals surface area contributed by atoms with Gasteiger partial charge >= 0.3 is 6.03 Å². The molecule has 234 valence electrons. The topological polar surface area (TPSA) is 71.0 Å². The average molecular weight is 609 g/mol. The Balaban J connectivity index is 1.73. The first kappa shape index (κ1) is 34.4. The number of amides is 2. The Bertz CT molecular complexity index is 949. The lowest BCUT2D eigenvalue weighted by Gasteiger charge is -2.43. The summed E-state index contributed by atoms with van der Waals surface area (Å²) >= 11 is 6.37. The average Bonchev–Trinajstić information content (AvgIpc) is 2.94. The number of piperidine rings is 1. The highest BCUT2D eigenvalue weighted by Crippen LogP contribution is 2.41. The Morgan fingerprint density at radius 1 is 1.15 bits per heavy atom. The number of nitrogens with one attached hydrogen (secondary N) is 1. The van der Waals surface area contributed by atoms with E-state index >= 15 is 0 Å². The maximum absolute atomic E-state index is 13.8. The van der Waals surface area contributed by atoms with Crippen LogP contribution in [0.4, 0.5) is 4.79 Å². The number of hydrogen-bond acceptors (Lipinski definition) is 4. The van der Waals surface area contributed by atoms with Gasteiger partial charge in [0, 0.05) is 37.7 Å². The second-order valence-corrected chi connectivity index (χ2v) is 19.4. The van der Waals surface area contributed by atoms with Crippen LogP contribution in [0.5, 0.6) is 0 Å². The number of nitrogens with zero attached hydrogens (tertiary/aromatic N) is 1. The van der Waals surface area contributed by atoms with E-state index < -0.39 is 13.9 Å². The molecule has 0 radical (unpaired) electrons. The molecular formula is C33H57ClN2O4Si. The lowest BCUT2D eigenvalue weighted by molar-refractivity contribution is -0.0564. The number of carbonyl (C=O) groups is 1. The Morgan fingerprint density at radius 3 is 2.54 bits per heavy atom. The molecule has 6 nitrogen and oxygen atoms in total. The molecule has 0 spiro atoms. The minimum atomic E-state index is -1.94. The van der Waals surface area contributed by atoms with Gasteiger partial charge in [-0.1, -0.05) is 76.6 Å². The van der Waals surface area contributed by atoms with Crippen LogP contribution in [0.15, 0.2) is 24.3 Å². The summed E-state index contributed by atoms with van der Waals surface area (Å²) in [5.41, 5.74) is -0.211. The molecule has 2 aliphatic rings. The number of urea groups is 1. The Kier molecular flexibility index (Phi) is 13.0. The molecule has 2 fully saturated rings. The van der Waals surface area contributed by atoms with Gasteiger partial charge in [-0.3, -0.25) is 0 Å². The Labute approximate surface area is 256 Å². The molecule has 8 heteroatoms. The van der Waals surface area contributed by atoms with Crippen LogP contribution in [0.1, 0.15) is 97.0 Å². The summed E-state index contributed by atoms with van der Waals surface area (Å²) in [6.07, 6.45) is 11.4. The van der Waals surface area contributed by atoms with Gasteiger partial charge in [0.2, 0.25) is 0 Å². The number of aliphatic hydroxyl groups is 1. The van der Waals surface area contributed by atoms with E-state index in [1.165, 1.54) is 32.1 Å². The molecule has 1 aliphatic carbocycles. The fraction of sp³-hybridized carbons (Fsp3) is 0.788. The number of rotatable bonds is 13. The maximum Gasteiger partial charge on any atom is 0.317 e. The number of carbonyl (C=O) groups excluding carboxylic acids is 1. The van der Waals surface area contributed by atoms with Crippen LogP contribution in [0.2, 0.25) is 23.2 Å². The monoisotopic (exact) mass is 608 g/mol. The van der Waals surface area contributed by atoms with Gasteiger partial charge in [0.05, 0.1) is 18.2 Å². The quantitative estimate of drug-likeness (QED) is 0.175. The zero-order chi connectivity index (χ0) is 30.1. The van der Waals surface area contributed by atoms with Crippen LogP contribution >= 0.6 is 11.6 Å². The first-order valence-electron chi connectivity index (χ1n) is 16.0. The van der Waals surface area contributed by atoms with Gasteiger partial charge < -0.3 is 24.5 Å². The van der Waals surface area contributed by atoms with E-state index in [4.69, 9.17) is 20.8 Å². The summed E-state index contributed by atoms with van der Waals surface area (Å²) in [5, 5.41) is 16.4. The Morgan fingerprint density at radius 2 is 1.88 bits per heavy atom. The predicted octanol–water partition coefficient (Wildman–Crippen LogP) is 8.13. The number of methoxy groups -OCH3 is 1. The van der Waals surface area contributed by atoms with Gasteiger partial charge in [-0.05, 0) is 80.3 Å². The standard InChI is InChI=1S/C33H57ClN2O4Si/c1-32(2,3)41(5,6)40-25-30(22-26-14-8-7-9-15-26)35-31(37)36-20-13-17-28(24-36)33(38,19-10-11-21-39-4)27-16-12-18-29(34)23-27/h12,16,18,23,26,28,30,38H,7-11,13-15,17,19-22,24-25H2,1-6H3,(H,35,37)/t28-,30+,33+/m0/s1. The van der Waals surface area contributed by atoms with Crippen LogP contribution in [-0.2, 0) is 14.8 Å². The SMILES string of the molecule is COCCCC[C@@](O)(c1cccc(Cl)c1)[C@H]1CCCN(C(=O)N[C@@H](CO[Si](C)(C)C(C)(C)C)CC2CCCCC2)C1. The highest BCUT2D eigenvalue weighted by atomic mass is 35.5. The molecule has 2 amide bonds. The molecule has 3 rings (SSSR count). The van der Waals surface area contributed by atoms with Crippen molar-refractivity contribution in [3.8, 4) is 0 Å². The summed E-state index contributed by atoms with van der Waals surface area (Å²) in [5.74, 6) is 0.578. The molecule has 0 bridgehead atoms. The van der Waals surface area contributed by atoms with Crippen molar-refractivity contribution in [1.29, 1.82) is 0 Å². The normalized spacial score (nSPS) is 21.4. The second-order valence-electron chi connectivity index (χ2n) is 14.1. The molecule has 41 heavy (non-hydrogen) atoms. The van der Waals surface area contributed by atoms with Crippen LogP contribution < -0.4 is 5.32 Å². The minimum Gasteiger partial charge on any atom is -0.415 e. The summed E-state index contributed by atoms with van der Waals surface area (Å²) in [6.45, 7) is 13.8. The third kappa shape index (κ3) is 9.95. The number of halogens is 1. The maximum atomic E-state index is 13.8. The Hall–Kier alpha value is -1.12. The first-order chi connectivity index (χ1) is 19.4. The number of benzene rings is 1.